The number of allylic oxidation sites excluding steroid dienone is 2. The van der Waals surface area contributed by atoms with Crippen molar-refractivity contribution in [1.82, 2.24) is 0 Å². The van der Waals surface area contributed by atoms with E-state index in [4.69, 9.17) is 4.74 Å². The molecule has 2 nitrogen and oxygen atoms in total. The predicted molar refractivity (Wildman–Crippen MR) is 89.3 cm³/mol. The number of hydrogen-bond donors (Lipinski definition) is 0. The molecule has 2 heteroatoms. The minimum Gasteiger partial charge on any atom is -0.459 e. The fourth-order valence-corrected chi connectivity index (χ4v) is 3.16. The van der Waals surface area contributed by atoms with Gasteiger partial charge in [0, 0.05) is 0 Å². The summed E-state index contributed by atoms with van der Waals surface area (Å²) in [4.78, 5) is 12.4. The van der Waals surface area contributed by atoms with Gasteiger partial charge in [-0.2, -0.15) is 0 Å². The second kappa shape index (κ2) is 10.0. The molecule has 1 unspecified atom stereocenters. The molecule has 0 N–H and O–H groups in total. The Morgan fingerprint density at radius 1 is 1.10 bits per heavy atom. The van der Waals surface area contributed by atoms with E-state index in [1.54, 1.807) is 0 Å². The highest BCUT2D eigenvalue weighted by Gasteiger charge is 2.34. The first-order valence-corrected chi connectivity index (χ1v) is 8.99. The van der Waals surface area contributed by atoms with Gasteiger partial charge in [0.15, 0.2) is 0 Å². The lowest BCUT2D eigenvalue weighted by molar-refractivity contribution is -0.163. The van der Waals surface area contributed by atoms with Gasteiger partial charge in [-0.3, -0.25) is 4.79 Å². The van der Waals surface area contributed by atoms with Crippen LogP contribution < -0.4 is 0 Å². The molecule has 0 radical (unpaired) electrons. The summed E-state index contributed by atoms with van der Waals surface area (Å²) in [7, 11) is 0. The van der Waals surface area contributed by atoms with E-state index >= 15 is 0 Å². The third-order valence-corrected chi connectivity index (χ3v) is 4.52. The maximum Gasteiger partial charge on any atom is 0.309 e. The van der Waals surface area contributed by atoms with Gasteiger partial charge >= 0.3 is 5.97 Å². The van der Waals surface area contributed by atoms with Crippen LogP contribution in [0.2, 0.25) is 0 Å². The van der Waals surface area contributed by atoms with Crippen LogP contribution in [0.1, 0.15) is 91.4 Å². The minimum absolute atomic E-state index is 0.0544. The summed E-state index contributed by atoms with van der Waals surface area (Å²) in [5, 5.41) is 0. The summed E-state index contributed by atoms with van der Waals surface area (Å²) in [5.41, 5.74) is -0.176. The normalized spacial score (nSPS) is 19.0. The molecule has 1 rings (SSSR count). The maximum absolute atomic E-state index is 12.4. The van der Waals surface area contributed by atoms with Crippen LogP contribution >= 0.6 is 0 Å². The summed E-state index contributed by atoms with van der Waals surface area (Å²) in [5.74, 6) is 0.158. The number of unbranched alkanes of at least 4 members (excludes halogenated alkanes) is 2. The van der Waals surface area contributed by atoms with Gasteiger partial charge in [0.1, 0.15) is 5.60 Å². The molecule has 0 aliphatic heterocycles. The number of hydrogen-bond acceptors (Lipinski definition) is 2. The van der Waals surface area contributed by atoms with Gasteiger partial charge in [-0.1, -0.05) is 38.8 Å². The molecule has 122 valence electrons. The van der Waals surface area contributed by atoms with Crippen LogP contribution in [0, 0.1) is 5.92 Å². The lowest BCUT2D eigenvalue weighted by Gasteiger charge is -2.27. The quantitative estimate of drug-likeness (QED) is 0.289. The Balaban J connectivity index is 2.35. The maximum atomic E-state index is 12.4. The Bertz CT molecular complexity index is 314. The molecule has 0 saturated heterocycles. The van der Waals surface area contributed by atoms with Crippen molar-refractivity contribution in [1.29, 1.82) is 0 Å². The van der Waals surface area contributed by atoms with Crippen molar-refractivity contribution in [2.75, 3.05) is 0 Å². The Hall–Kier alpha value is -0.790. The smallest absolute Gasteiger partial charge is 0.309 e. The zero-order chi connectivity index (χ0) is 15.6. The van der Waals surface area contributed by atoms with Gasteiger partial charge in [0.2, 0.25) is 0 Å². The molecular formula is C19H34O2. The van der Waals surface area contributed by atoms with Crippen molar-refractivity contribution in [3.63, 3.8) is 0 Å². The molecule has 1 saturated carbocycles. The molecule has 21 heavy (non-hydrogen) atoms. The first-order valence-electron chi connectivity index (χ1n) is 8.99. The molecule has 0 aromatic heterocycles. The van der Waals surface area contributed by atoms with Crippen molar-refractivity contribution in [2.45, 2.75) is 97.0 Å². The van der Waals surface area contributed by atoms with E-state index in [0.717, 1.165) is 44.9 Å². The number of carbonyl (C=O) groups excluding carboxylic acids is 1. The predicted octanol–water partition coefficient (Wildman–Crippen LogP) is 5.81. The summed E-state index contributed by atoms with van der Waals surface area (Å²) in [6.45, 7) is 6.45. The van der Waals surface area contributed by atoms with Crippen LogP contribution in [-0.4, -0.2) is 11.6 Å². The van der Waals surface area contributed by atoms with E-state index in [2.05, 4.69) is 32.9 Å². The topological polar surface area (TPSA) is 26.3 Å². The monoisotopic (exact) mass is 294 g/mol. The Labute approximate surface area is 131 Å². The van der Waals surface area contributed by atoms with Gasteiger partial charge in [0.05, 0.1) is 5.92 Å². The van der Waals surface area contributed by atoms with Gasteiger partial charge in [0.25, 0.3) is 0 Å². The Kier molecular flexibility index (Phi) is 8.72. The van der Waals surface area contributed by atoms with Gasteiger partial charge < -0.3 is 4.74 Å². The van der Waals surface area contributed by atoms with E-state index in [-0.39, 0.29) is 17.5 Å². The standard InChI is InChI=1S/C19H34O2/c1-4-6-7-8-9-10-14-17(13-5-2)18(20)21-19(3)15-11-12-16-19/h7-8,17H,4-6,9-16H2,1-3H3. The average molecular weight is 294 g/mol. The minimum atomic E-state index is -0.176. The van der Waals surface area contributed by atoms with Crippen molar-refractivity contribution in [3.05, 3.63) is 12.2 Å². The number of rotatable bonds is 10. The molecule has 1 fully saturated rings. The number of ether oxygens (including phenoxy) is 1. The van der Waals surface area contributed by atoms with E-state index in [0.29, 0.717) is 0 Å². The van der Waals surface area contributed by atoms with Crippen LogP contribution in [0.3, 0.4) is 0 Å². The zero-order valence-electron chi connectivity index (χ0n) is 14.3. The van der Waals surface area contributed by atoms with Crippen LogP contribution in [-0.2, 0) is 9.53 Å². The first kappa shape index (κ1) is 18.3. The molecule has 0 bridgehead atoms. The van der Waals surface area contributed by atoms with Gasteiger partial charge in [-0.25, -0.2) is 0 Å². The molecule has 0 heterocycles. The van der Waals surface area contributed by atoms with Crippen LogP contribution in [0.4, 0.5) is 0 Å². The number of esters is 1. The Morgan fingerprint density at radius 3 is 2.38 bits per heavy atom. The summed E-state index contributed by atoms with van der Waals surface area (Å²) in [6.07, 6.45) is 16.5. The highest BCUT2D eigenvalue weighted by atomic mass is 16.6. The van der Waals surface area contributed by atoms with Crippen molar-refractivity contribution >= 4 is 5.97 Å². The molecule has 0 aromatic rings. The highest BCUT2D eigenvalue weighted by molar-refractivity contribution is 5.72. The van der Waals surface area contributed by atoms with E-state index < -0.39 is 0 Å². The fraction of sp³-hybridized carbons (Fsp3) is 0.842. The average Bonchev–Trinajstić information content (AvgIpc) is 2.87. The highest BCUT2D eigenvalue weighted by Crippen LogP contribution is 2.34. The van der Waals surface area contributed by atoms with E-state index in [9.17, 15) is 4.79 Å². The molecule has 0 spiro atoms. The molecule has 0 aromatic carbocycles. The second-order valence-corrected chi connectivity index (χ2v) is 6.75. The van der Waals surface area contributed by atoms with Crippen molar-refractivity contribution in [3.8, 4) is 0 Å². The number of carbonyl (C=O) groups is 1. The third-order valence-electron chi connectivity index (χ3n) is 4.52. The van der Waals surface area contributed by atoms with Crippen LogP contribution in [0.25, 0.3) is 0 Å². The lowest BCUT2D eigenvalue weighted by Crippen LogP contribution is -2.31. The fourth-order valence-electron chi connectivity index (χ4n) is 3.16. The molecule has 0 amide bonds. The molecule has 1 atom stereocenters. The van der Waals surface area contributed by atoms with Crippen molar-refractivity contribution < 1.29 is 9.53 Å². The van der Waals surface area contributed by atoms with E-state index in [1.807, 2.05) is 0 Å². The Morgan fingerprint density at radius 2 is 1.76 bits per heavy atom. The summed E-state index contributed by atoms with van der Waals surface area (Å²) in [6, 6.07) is 0. The van der Waals surface area contributed by atoms with Gasteiger partial charge in [-0.05, 0) is 64.7 Å². The largest absolute Gasteiger partial charge is 0.459 e. The van der Waals surface area contributed by atoms with Gasteiger partial charge in [-0.15, -0.1) is 0 Å². The van der Waals surface area contributed by atoms with E-state index in [1.165, 1.54) is 25.7 Å². The SMILES string of the molecule is CCCC=CCCCC(CCC)C(=O)OC1(C)CCCC1. The van der Waals surface area contributed by atoms with Crippen LogP contribution in [0.15, 0.2) is 12.2 Å². The van der Waals surface area contributed by atoms with Crippen molar-refractivity contribution in [2.24, 2.45) is 5.92 Å². The molecule has 1 aliphatic carbocycles. The zero-order valence-corrected chi connectivity index (χ0v) is 14.3. The second-order valence-electron chi connectivity index (χ2n) is 6.75. The first-order chi connectivity index (χ1) is 10.1. The van der Waals surface area contributed by atoms with Crippen LogP contribution in [0.5, 0.6) is 0 Å². The summed E-state index contributed by atoms with van der Waals surface area (Å²) < 4.78 is 5.85. The molecule has 1 aliphatic rings. The third kappa shape index (κ3) is 7.15. The molecular weight excluding hydrogens is 260 g/mol. The summed E-state index contributed by atoms with van der Waals surface area (Å²) >= 11 is 0. The lowest BCUT2D eigenvalue weighted by atomic mass is 9.96.